The monoisotopic (exact) mass is 143 g/mol. The maximum atomic E-state index is 2.41. The molecule has 0 heterocycles. The lowest BCUT2D eigenvalue weighted by Gasteiger charge is -2.31. The molecule has 0 aliphatic rings. The summed E-state index contributed by atoms with van der Waals surface area (Å²) in [4.78, 5) is 2.41. The van der Waals surface area contributed by atoms with Crippen LogP contribution >= 0.6 is 0 Å². The predicted molar refractivity (Wildman–Crippen MR) is 47.2 cm³/mol. The predicted octanol–water partition coefficient (Wildman–Crippen LogP) is 2.37. The molecule has 0 fully saturated rings. The summed E-state index contributed by atoms with van der Waals surface area (Å²) in [5.41, 5.74) is 0. The zero-order valence-electron chi connectivity index (χ0n) is 8.18. The molecule has 0 bridgehead atoms. The smallest absolute Gasteiger partial charge is 0.00895 e. The van der Waals surface area contributed by atoms with E-state index in [1.165, 1.54) is 0 Å². The standard InChI is InChI=1S/C9H21N/c1-7(2)9(5)10(6)8(3)4/h7-9H,1-6H3/t9-/m0/s1. The fraction of sp³-hybridized carbons (Fsp3) is 1.00. The van der Waals surface area contributed by atoms with Crippen LogP contribution in [-0.2, 0) is 0 Å². The van der Waals surface area contributed by atoms with Crippen molar-refractivity contribution in [3.63, 3.8) is 0 Å². The van der Waals surface area contributed by atoms with Gasteiger partial charge in [0.05, 0.1) is 0 Å². The maximum Gasteiger partial charge on any atom is 0.00895 e. The van der Waals surface area contributed by atoms with Crippen LogP contribution in [-0.4, -0.2) is 24.0 Å². The molecule has 10 heavy (non-hydrogen) atoms. The van der Waals surface area contributed by atoms with Gasteiger partial charge in [0.25, 0.3) is 0 Å². The number of hydrogen-bond donors (Lipinski definition) is 0. The molecule has 1 nitrogen and oxygen atoms in total. The first-order valence-corrected chi connectivity index (χ1v) is 4.18. The Labute approximate surface area is 65.4 Å². The van der Waals surface area contributed by atoms with Crippen molar-refractivity contribution >= 4 is 0 Å². The van der Waals surface area contributed by atoms with Gasteiger partial charge in [0.1, 0.15) is 0 Å². The van der Waals surface area contributed by atoms with Gasteiger partial charge in [0, 0.05) is 12.1 Å². The average molecular weight is 143 g/mol. The maximum absolute atomic E-state index is 2.41. The second-order valence-corrected chi connectivity index (χ2v) is 3.74. The van der Waals surface area contributed by atoms with Gasteiger partial charge in [0.2, 0.25) is 0 Å². The summed E-state index contributed by atoms with van der Waals surface area (Å²) < 4.78 is 0. The van der Waals surface area contributed by atoms with E-state index in [9.17, 15) is 0 Å². The van der Waals surface area contributed by atoms with Crippen molar-refractivity contribution in [3.05, 3.63) is 0 Å². The van der Waals surface area contributed by atoms with Crippen molar-refractivity contribution in [3.8, 4) is 0 Å². The van der Waals surface area contributed by atoms with Crippen LogP contribution < -0.4 is 0 Å². The van der Waals surface area contributed by atoms with Crippen LogP contribution in [0, 0.1) is 5.92 Å². The lowest BCUT2D eigenvalue weighted by molar-refractivity contribution is 0.168. The molecule has 0 saturated heterocycles. The van der Waals surface area contributed by atoms with Crippen LogP contribution in [0.4, 0.5) is 0 Å². The zero-order valence-corrected chi connectivity index (χ0v) is 8.18. The molecule has 0 saturated carbocycles. The minimum Gasteiger partial charge on any atom is -0.301 e. The molecular weight excluding hydrogens is 122 g/mol. The summed E-state index contributed by atoms with van der Waals surface area (Å²) in [6.45, 7) is 11.3. The summed E-state index contributed by atoms with van der Waals surface area (Å²) in [5, 5.41) is 0. The molecule has 0 amide bonds. The lowest BCUT2D eigenvalue weighted by Crippen LogP contribution is -2.38. The van der Waals surface area contributed by atoms with Crippen molar-refractivity contribution in [2.75, 3.05) is 7.05 Å². The Hall–Kier alpha value is -0.0400. The van der Waals surface area contributed by atoms with Crippen LogP contribution in [0.25, 0.3) is 0 Å². The Morgan fingerprint density at radius 2 is 1.30 bits per heavy atom. The lowest BCUT2D eigenvalue weighted by atomic mass is 10.0. The van der Waals surface area contributed by atoms with Crippen molar-refractivity contribution < 1.29 is 0 Å². The fourth-order valence-electron chi connectivity index (χ4n) is 0.941. The van der Waals surface area contributed by atoms with Crippen LogP contribution in [0.1, 0.15) is 34.6 Å². The highest BCUT2D eigenvalue weighted by Gasteiger charge is 2.14. The second-order valence-electron chi connectivity index (χ2n) is 3.74. The van der Waals surface area contributed by atoms with E-state index in [0.717, 1.165) is 5.92 Å². The third-order valence-electron chi connectivity index (χ3n) is 2.42. The van der Waals surface area contributed by atoms with E-state index in [1.807, 2.05) is 0 Å². The molecule has 0 spiro atoms. The molecule has 0 radical (unpaired) electrons. The average Bonchev–Trinajstić information content (AvgIpc) is 1.84. The molecule has 0 aromatic rings. The Morgan fingerprint density at radius 3 is 1.40 bits per heavy atom. The third kappa shape index (κ3) is 2.70. The van der Waals surface area contributed by atoms with Gasteiger partial charge >= 0.3 is 0 Å². The fourth-order valence-corrected chi connectivity index (χ4v) is 0.941. The quantitative estimate of drug-likeness (QED) is 0.586. The van der Waals surface area contributed by atoms with E-state index in [4.69, 9.17) is 0 Å². The van der Waals surface area contributed by atoms with Crippen LogP contribution in [0.5, 0.6) is 0 Å². The number of nitrogens with zero attached hydrogens (tertiary/aromatic N) is 1. The van der Waals surface area contributed by atoms with Crippen LogP contribution in [0.2, 0.25) is 0 Å². The van der Waals surface area contributed by atoms with Crippen LogP contribution in [0.3, 0.4) is 0 Å². The minimum absolute atomic E-state index is 0.664. The first-order valence-electron chi connectivity index (χ1n) is 4.18. The molecule has 0 unspecified atom stereocenters. The Kier molecular flexibility index (Phi) is 3.95. The summed E-state index contributed by atoms with van der Waals surface area (Å²) in [6, 6.07) is 1.36. The molecule has 0 aromatic carbocycles. The van der Waals surface area contributed by atoms with E-state index >= 15 is 0 Å². The molecule has 0 aliphatic heterocycles. The van der Waals surface area contributed by atoms with E-state index in [1.54, 1.807) is 0 Å². The topological polar surface area (TPSA) is 3.24 Å². The van der Waals surface area contributed by atoms with Gasteiger partial charge in [-0.3, -0.25) is 0 Å². The van der Waals surface area contributed by atoms with E-state index in [0.29, 0.717) is 12.1 Å². The van der Waals surface area contributed by atoms with Crippen molar-refractivity contribution in [1.29, 1.82) is 0 Å². The molecule has 0 N–H and O–H groups in total. The Balaban J connectivity index is 3.81. The van der Waals surface area contributed by atoms with Crippen LogP contribution in [0.15, 0.2) is 0 Å². The Bertz CT molecular complexity index is 74.7. The van der Waals surface area contributed by atoms with Crippen molar-refractivity contribution in [2.45, 2.75) is 46.7 Å². The first kappa shape index (κ1) is 9.96. The molecule has 0 aliphatic carbocycles. The third-order valence-corrected chi connectivity index (χ3v) is 2.42. The molecule has 62 valence electrons. The molecule has 1 atom stereocenters. The van der Waals surface area contributed by atoms with Gasteiger partial charge in [-0.1, -0.05) is 13.8 Å². The van der Waals surface area contributed by atoms with Gasteiger partial charge in [-0.2, -0.15) is 0 Å². The molecule has 1 heteroatoms. The highest BCUT2D eigenvalue weighted by molar-refractivity contribution is 4.69. The second kappa shape index (κ2) is 3.97. The van der Waals surface area contributed by atoms with Gasteiger partial charge in [-0.15, -0.1) is 0 Å². The molecular formula is C9H21N. The van der Waals surface area contributed by atoms with E-state index in [-0.39, 0.29) is 0 Å². The van der Waals surface area contributed by atoms with E-state index < -0.39 is 0 Å². The summed E-state index contributed by atoms with van der Waals surface area (Å²) in [5.74, 6) is 0.757. The van der Waals surface area contributed by atoms with Gasteiger partial charge < -0.3 is 4.90 Å². The SMILES string of the molecule is CC(C)[C@H](C)N(C)C(C)C. The first-order chi connectivity index (χ1) is 4.46. The minimum atomic E-state index is 0.664. The highest BCUT2D eigenvalue weighted by Crippen LogP contribution is 2.10. The summed E-state index contributed by atoms with van der Waals surface area (Å²) >= 11 is 0. The van der Waals surface area contributed by atoms with Crippen molar-refractivity contribution in [2.24, 2.45) is 5.92 Å². The number of hydrogen-bond acceptors (Lipinski definition) is 1. The van der Waals surface area contributed by atoms with Gasteiger partial charge in [-0.05, 0) is 33.7 Å². The Morgan fingerprint density at radius 1 is 0.900 bits per heavy atom. The molecule has 0 aromatic heterocycles. The number of rotatable bonds is 3. The summed E-state index contributed by atoms with van der Waals surface area (Å²) in [7, 11) is 2.19. The summed E-state index contributed by atoms with van der Waals surface area (Å²) in [6.07, 6.45) is 0. The van der Waals surface area contributed by atoms with Crippen molar-refractivity contribution in [1.82, 2.24) is 4.90 Å². The largest absolute Gasteiger partial charge is 0.301 e. The van der Waals surface area contributed by atoms with E-state index in [2.05, 4.69) is 46.6 Å². The molecule has 0 rings (SSSR count). The highest BCUT2D eigenvalue weighted by atomic mass is 15.1. The van der Waals surface area contributed by atoms with Gasteiger partial charge in [0.15, 0.2) is 0 Å². The van der Waals surface area contributed by atoms with Gasteiger partial charge in [-0.25, -0.2) is 0 Å². The zero-order chi connectivity index (χ0) is 8.31. The normalized spacial score (nSPS) is 15.3.